The molecule has 0 heterocycles. The van der Waals surface area contributed by atoms with E-state index in [2.05, 4.69) is 16.2 Å². The summed E-state index contributed by atoms with van der Waals surface area (Å²) in [5.74, 6) is 0.0518. The quantitative estimate of drug-likeness (QED) is 0.537. The first kappa shape index (κ1) is 20.5. The van der Waals surface area contributed by atoms with E-state index >= 15 is 0 Å². The third kappa shape index (κ3) is 6.14. The van der Waals surface area contributed by atoms with Gasteiger partial charge in [0, 0.05) is 10.9 Å². The van der Waals surface area contributed by atoms with Gasteiger partial charge in [-0.1, -0.05) is 30.9 Å². The van der Waals surface area contributed by atoms with Crippen LogP contribution in [-0.4, -0.2) is 23.5 Å². The SMILES string of the molecule is Cc1cc(OCC(=O)NNC(=S)NC(=O)C2CCCCC2)cc(C)c1Cl. The Morgan fingerprint density at radius 2 is 1.77 bits per heavy atom. The Morgan fingerprint density at radius 3 is 2.38 bits per heavy atom. The second-order valence-electron chi connectivity index (χ2n) is 6.49. The van der Waals surface area contributed by atoms with E-state index in [-0.39, 0.29) is 23.5 Å². The molecule has 0 saturated heterocycles. The van der Waals surface area contributed by atoms with Crippen molar-refractivity contribution in [3.63, 3.8) is 0 Å². The standard InChI is InChI=1S/C18H24ClN3O3S/c1-11-8-14(9-12(2)16(11)19)25-10-15(23)21-22-18(26)20-17(24)13-6-4-3-5-7-13/h8-9,13H,3-7,10H2,1-2H3,(H,21,23)(H2,20,22,24,26). The van der Waals surface area contributed by atoms with Crippen LogP contribution in [0.25, 0.3) is 0 Å². The Morgan fingerprint density at radius 1 is 1.15 bits per heavy atom. The highest BCUT2D eigenvalue weighted by molar-refractivity contribution is 7.80. The monoisotopic (exact) mass is 397 g/mol. The zero-order valence-electron chi connectivity index (χ0n) is 15.0. The van der Waals surface area contributed by atoms with E-state index in [4.69, 9.17) is 28.6 Å². The van der Waals surface area contributed by atoms with Crippen molar-refractivity contribution in [2.24, 2.45) is 5.92 Å². The number of benzene rings is 1. The highest BCUT2D eigenvalue weighted by atomic mass is 35.5. The first-order valence-electron chi connectivity index (χ1n) is 8.66. The number of thiocarbonyl (C=S) groups is 1. The lowest BCUT2D eigenvalue weighted by Crippen LogP contribution is -2.50. The number of nitrogens with one attached hydrogen (secondary N) is 3. The maximum Gasteiger partial charge on any atom is 0.276 e. The third-order valence-corrected chi connectivity index (χ3v) is 5.11. The molecule has 1 aromatic rings. The lowest BCUT2D eigenvalue weighted by molar-refractivity contribution is -0.125. The number of halogens is 1. The van der Waals surface area contributed by atoms with Gasteiger partial charge in [-0.3, -0.25) is 20.4 Å². The van der Waals surface area contributed by atoms with E-state index in [1.807, 2.05) is 13.8 Å². The van der Waals surface area contributed by atoms with Crippen molar-refractivity contribution < 1.29 is 14.3 Å². The van der Waals surface area contributed by atoms with Crippen molar-refractivity contribution in [3.05, 3.63) is 28.3 Å². The highest BCUT2D eigenvalue weighted by Gasteiger charge is 2.21. The topological polar surface area (TPSA) is 79.5 Å². The van der Waals surface area contributed by atoms with Crippen molar-refractivity contribution >= 4 is 40.7 Å². The molecular weight excluding hydrogens is 374 g/mol. The van der Waals surface area contributed by atoms with Crippen molar-refractivity contribution in [3.8, 4) is 5.75 Å². The van der Waals surface area contributed by atoms with Crippen LogP contribution in [0, 0.1) is 19.8 Å². The van der Waals surface area contributed by atoms with Gasteiger partial charge in [0.2, 0.25) is 5.91 Å². The van der Waals surface area contributed by atoms with Crippen LogP contribution in [0.4, 0.5) is 0 Å². The summed E-state index contributed by atoms with van der Waals surface area (Å²) >= 11 is 11.1. The molecule has 0 aromatic heterocycles. The van der Waals surface area contributed by atoms with Crippen LogP contribution in [0.15, 0.2) is 12.1 Å². The van der Waals surface area contributed by atoms with E-state index in [1.54, 1.807) is 12.1 Å². The molecule has 0 atom stereocenters. The Balaban J connectivity index is 1.71. The number of carbonyl (C=O) groups excluding carboxylic acids is 2. The van der Waals surface area contributed by atoms with Gasteiger partial charge < -0.3 is 10.1 Å². The minimum atomic E-state index is -0.412. The summed E-state index contributed by atoms with van der Waals surface area (Å²) in [6.07, 6.45) is 5.07. The molecule has 1 aliphatic rings. The van der Waals surface area contributed by atoms with Crippen LogP contribution in [0.1, 0.15) is 43.2 Å². The summed E-state index contributed by atoms with van der Waals surface area (Å²) in [5, 5.41) is 3.37. The Labute approximate surface area is 164 Å². The maximum absolute atomic E-state index is 12.1. The molecule has 2 rings (SSSR count). The van der Waals surface area contributed by atoms with Gasteiger partial charge >= 0.3 is 0 Å². The van der Waals surface area contributed by atoms with E-state index in [0.717, 1.165) is 36.8 Å². The third-order valence-electron chi connectivity index (χ3n) is 4.31. The van der Waals surface area contributed by atoms with Gasteiger partial charge in [0.25, 0.3) is 5.91 Å². The van der Waals surface area contributed by atoms with Crippen molar-refractivity contribution in [2.75, 3.05) is 6.61 Å². The molecule has 0 spiro atoms. The number of amides is 2. The van der Waals surface area contributed by atoms with Crippen LogP contribution >= 0.6 is 23.8 Å². The molecular formula is C18H24ClN3O3S. The number of hydrogen-bond acceptors (Lipinski definition) is 4. The molecule has 1 saturated carbocycles. The second kappa shape index (κ2) is 9.73. The number of aryl methyl sites for hydroxylation is 2. The zero-order valence-corrected chi connectivity index (χ0v) is 16.6. The van der Waals surface area contributed by atoms with Crippen LogP contribution in [0.5, 0.6) is 5.75 Å². The van der Waals surface area contributed by atoms with Crippen LogP contribution in [-0.2, 0) is 9.59 Å². The molecule has 6 nitrogen and oxygen atoms in total. The van der Waals surface area contributed by atoms with E-state index in [0.29, 0.717) is 10.8 Å². The Hall–Kier alpha value is -1.86. The largest absolute Gasteiger partial charge is 0.484 e. The molecule has 1 fully saturated rings. The van der Waals surface area contributed by atoms with Gasteiger partial charge in [-0.25, -0.2) is 0 Å². The summed E-state index contributed by atoms with van der Waals surface area (Å²) in [5.41, 5.74) is 6.69. The van der Waals surface area contributed by atoms with E-state index in [9.17, 15) is 9.59 Å². The molecule has 8 heteroatoms. The maximum atomic E-state index is 12.1. The predicted octanol–water partition coefficient (Wildman–Crippen LogP) is 2.94. The fraction of sp³-hybridized carbons (Fsp3) is 0.500. The first-order valence-corrected chi connectivity index (χ1v) is 9.44. The van der Waals surface area contributed by atoms with Crippen LogP contribution < -0.4 is 20.9 Å². The van der Waals surface area contributed by atoms with Gasteiger partial charge in [-0.05, 0) is 62.2 Å². The number of ether oxygens (including phenoxy) is 1. The highest BCUT2D eigenvalue weighted by Crippen LogP contribution is 2.26. The first-order chi connectivity index (χ1) is 12.4. The second-order valence-corrected chi connectivity index (χ2v) is 7.27. The van der Waals surface area contributed by atoms with Crippen LogP contribution in [0.2, 0.25) is 5.02 Å². The predicted molar refractivity (Wildman–Crippen MR) is 105 cm³/mol. The normalized spacial score (nSPS) is 14.4. The number of hydrogen-bond donors (Lipinski definition) is 3. The van der Waals surface area contributed by atoms with Gasteiger partial charge in [-0.15, -0.1) is 0 Å². The Kier molecular flexibility index (Phi) is 7.66. The summed E-state index contributed by atoms with van der Waals surface area (Å²) < 4.78 is 5.45. The summed E-state index contributed by atoms with van der Waals surface area (Å²) in [6.45, 7) is 3.56. The minimum Gasteiger partial charge on any atom is -0.484 e. The smallest absolute Gasteiger partial charge is 0.276 e. The molecule has 142 valence electrons. The molecule has 1 aliphatic carbocycles. The van der Waals surface area contributed by atoms with Crippen molar-refractivity contribution in [1.82, 2.24) is 16.2 Å². The molecule has 1 aromatic carbocycles. The van der Waals surface area contributed by atoms with Gasteiger partial charge in [0.15, 0.2) is 11.7 Å². The lowest BCUT2D eigenvalue weighted by Gasteiger charge is -2.21. The Bertz CT molecular complexity index is 667. The van der Waals surface area contributed by atoms with Crippen molar-refractivity contribution in [1.29, 1.82) is 0 Å². The molecule has 0 radical (unpaired) electrons. The number of carbonyl (C=O) groups is 2. The average molecular weight is 398 g/mol. The molecule has 0 aliphatic heterocycles. The summed E-state index contributed by atoms with van der Waals surface area (Å²) in [6, 6.07) is 3.54. The van der Waals surface area contributed by atoms with Gasteiger partial charge in [0.05, 0.1) is 0 Å². The van der Waals surface area contributed by atoms with Gasteiger partial charge in [-0.2, -0.15) is 0 Å². The van der Waals surface area contributed by atoms with Crippen molar-refractivity contribution in [2.45, 2.75) is 46.0 Å². The van der Waals surface area contributed by atoms with E-state index < -0.39 is 5.91 Å². The summed E-state index contributed by atoms with van der Waals surface area (Å²) in [7, 11) is 0. The molecule has 2 amide bonds. The zero-order chi connectivity index (χ0) is 19.1. The molecule has 26 heavy (non-hydrogen) atoms. The fourth-order valence-corrected chi connectivity index (χ4v) is 3.17. The fourth-order valence-electron chi connectivity index (χ4n) is 2.91. The molecule has 3 N–H and O–H groups in total. The summed E-state index contributed by atoms with van der Waals surface area (Å²) in [4.78, 5) is 23.9. The van der Waals surface area contributed by atoms with Gasteiger partial charge in [0.1, 0.15) is 5.75 Å². The van der Waals surface area contributed by atoms with Crippen LogP contribution in [0.3, 0.4) is 0 Å². The van der Waals surface area contributed by atoms with E-state index in [1.165, 1.54) is 6.42 Å². The number of hydrazine groups is 1. The lowest BCUT2D eigenvalue weighted by atomic mass is 9.89. The number of rotatable bonds is 4. The minimum absolute atomic E-state index is 0.00100. The average Bonchev–Trinajstić information content (AvgIpc) is 2.63. The molecule has 0 unspecified atom stereocenters. The molecule has 0 bridgehead atoms.